The molecule has 3 heteroatoms. The number of fused-ring (bicyclic) bond motifs is 2. The molecule has 0 saturated carbocycles. The fourth-order valence-electron chi connectivity index (χ4n) is 3.55. The maximum Gasteiger partial charge on any atom is 0.225 e. The lowest BCUT2D eigenvalue weighted by atomic mass is 10.00. The average molecular weight is 330 g/mol. The summed E-state index contributed by atoms with van der Waals surface area (Å²) in [5.74, 6) is 0.0789. The second-order valence-electron chi connectivity index (χ2n) is 6.62. The number of nitrogens with zero attached hydrogens (tertiary/aromatic N) is 1. The molecule has 0 aromatic heterocycles. The normalized spacial score (nSPS) is 14.2. The number of hydrogen-bond donors (Lipinski definition) is 1. The second-order valence-corrected chi connectivity index (χ2v) is 6.62. The third kappa shape index (κ3) is 3.57. The molecule has 1 aliphatic rings. The van der Waals surface area contributed by atoms with E-state index < -0.39 is 0 Å². The van der Waals surface area contributed by atoms with Gasteiger partial charge in [-0.1, -0.05) is 60.7 Å². The smallest absolute Gasteiger partial charge is 0.225 e. The molecule has 0 spiro atoms. The molecule has 0 radical (unpaired) electrons. The van der Waals surface area contributed by atoms with E-state index >= 15 is 0 Å². The number of carbonyl (C=O) groups is 1. The van der Waals surface area contributed by atoms with Crippen molar-refractivity contribution in [2.75, 3.05) is 18.4 Å². The third-order valence-electron chi connectivity index (χ3n) is 4.93. The van der Waals surface area contributed by atoms with Gasteiger partial charge in [-0.05, 0) is 29.0 Å². The van der Waals surface area contributed by atoms with Gasteiger partial charge in [-0.2, -0.15) is 0 Å². The average Bonchev–Trinajstić information content (AvgIpc) is 2.66. The van der Waals surface area contributed by atoms with E-state index in [4.69, 9.17) is 0 Å². The fraction of sp³-hybridized carbons (Fsp3) is 0.227. The highest BCUT2D eigenvalue weighted by Gasteiger charge is 2.16. The second kappa shape index (κ2) is 7.08. The number of rotatable bonds is 4. The summed E-state index contributed by atoms with van der Waals surface area (Å²) in [6.07, 6.45) is 1.59. The van der Waals surface area contributed by atoms with Gasteiger partial charge in [0.05, 0.1) is 0 Å². The van der Waals surface area contributed by atoms with Crippen LogP contribution < -0.4 is 5.32 Å². The van der Waals surface area contributed by atoms with Gasteiger partial charge in [-0.15, -0.1) is 0 Å². The zero-order chi connectivity index (χ0) is 17.1. The lowest BCUT2D eigenvalue weighted by Gasteiger charge is -2.28. The standard InChI is InChI=1S/C22H22N2O/c25-22(23-21-11-5-9-18-7-3-4-10-20(18)21)13-15-24-14-12-17-6-1-2-8-19(17)16-24/h1-11H,12-16H2,(H,23,25). The quantitative estimate of drug-likeness (QED) is 0.776. The zero-order valence-electron chi connectivity index (χ0n) is 14.2. The van der Waals surface area contributed by atoms with E-state index in [9.17, 15) is 4.79 Å². The summed E-state index contributed by atoms with van der Waals surface area (Å²) in [4.78, 5) is 14.8. The number of anilines is 1. The van der Waals surface area contributed by atoms with Crippen LogP contribution in [0.15, 0.2) is 66.7 Å². The maximum absolute atomic E-state index is 12.4. The predicted molar refractivity (Wildman–Crippen MR) is 103 cm³/mol. The van der Waals surface area contributed by atoms with Crippen molar-refractivity contribution >= 4 is 22.4 Å². The molecule has 0 fully saturated rings. The predicted octanol–water partition coefficient (Wildman–Crippen LogP) is 4.23. The first-order valence-corrected chi connectivity index (χ1v) is 8.86. The van der Waals surface area contributed by atoms with E-state index in [0.29, 0.717) is 6.42 Å². The number of carbonyl (C=O) groups excluding carboxylic acids is 1. The van der Waals surface area contributed by atoms with Crippen LogP contribution in [0.4, 0.5) is 5.69 Å². The lowest BCUT2D eigenvalue weighted by molar-refractivity contribution is -0.116. The Morgan fingerprint density at radius 1 is 0.920 bits per heavy atom. The molecule has 3 nitrogen and oxygen atoms in total. The van der Waals surface area contributed by atoms with Gasteiger partial charge in [0.2, 0.25) is 5.91 Å². The summed E-state index contributed by atoms with van der Waals surface area (Å²) in [5, 5.41) is 5.31. The maximum atomic E-state index is 12.4. The Kier molecular flexibility index (Phi) is 4.49. The van der Waals surface area contributed by atoms with Gasteiger partial charge in [0.15, 0.2) is 0 Å². The van der Waals surface area contributed by atoms with Gasteiger partial charge < -0.3 is 5.32 Å². The molecule has 3 aromatic rings. The van der Waals surface area contributed by atoms with Gasteiger partial charge in [0, 0.05) is 37.1 Å². The van der Waals surface area contributed by atoms with E-state index in [1.165, 1.54) is 11.1 Å². The molecule has 0 bridgehead atoms. The molecular formula is C22H22N2O. The topological polar surface area (TPSA) is 32.3 Å². The van der Waals surface area contributed by atoms with E-state index in [2.05, 4.69) is 46.6 Å². The van der Waals surface area contributed by atoms with Crippen LogP contribution in [0.5, 0.6) is 0 Å². The Balaban J connectivity index is 1.37. The third-order valence-corrected chi connectivity index (χ3v) is 4.93. The van der Waals surface area contributed by atoms with Gasteiger partial charge in [0.1, 0.15) is 0 Å². The fourth-order valence-corrected chi connectivity index (χ4v) is 3.55. The van der Waals surface area contributed by atoms with Crippen molar-refractivity contribution in [1.29, 1.82) is 0 Å². The number of nitrogens with one attached hydrogen (secondary N) is 1. The molecule has 1 amide bonds. The van der Waals surface area contributed by atoms with Crippen LogP contribution in [-0.4, -0.2) is 23.9 Å². The van der Waals surface area contributed by atoms with Crippen LogP contribution in [-0.2, 0) is 17.8 Å². The number of amides is 1. The summed E-state index contributed by atoms with van der Waals surface area (Å²) in [7, 11) is 0. The minimum atomic E-state index is 0.0789. The highest BCUT2D eigenvalue weighted by molar-refractivity contribution is 6.02. The molecule has 0 saturated heterocycles. The first-order chi connectivity index (χ1) is 12.3. The number of hydrogen-bond acceptors (Lipinski definition) is 2. The van der Waals surface area contributed by atoms with Crippen molar-refractivity contribution in [1.82, 2.24) is 4.90 Å². The Hall–Kier alpha value is -2.65. The van der Waals surface area contributed by atoms with E-state index in [0.717, 1.165) is 42.5 Å². The minimum Gasteiger partial charge on any atom is -0.325 e. The van der Waals surface area contributed by atoms with Gasteiger partial charge in [0.25, 0.3) is 0 Å². The van der Waals surface area contributed by atoms with E-state index in [-0.39, 0.29) is 5.91 Å². The summed E-state index contributed by atoms with van der Waals surface area (Å²) in [6, 6.07) is 22.8. The molecular weight excluding hydrogens is 308 g/mol. The van der Waals surface area contributed by atoms with Gasteiger partial charge in [-0.25, -0.2) is 0 Å². The molecule has 0 atom stereocenters. The summed E-state index contributed by atoms with van der Waals surface area (Å²) < 4.78 is 0. The number of benzene rings is 3. The van der Waals surface area contributed by atoms with Crippen LogP contribution in [0.25, 0.3) is 10.8 Å². The minimum absolute atomic E-state index is 0.0789. The summed E-state index contributed by atoms with van der Waals surface area (Å²) in [5.41, 5.74) is 3.73. The van der Waals surface area contributed by atoms with E-state index in [1.54, 1.807) is 0 Å². The van der Waals surface area contributed by atoms with Crippen molar-refractivity contribution in [2.24, 2.45) is 0 Å². The van der Waals surface area contributed by atoms with Gasteiger partial charge in [-0.3, -0.25) is 9.69 Å². The first kappa shape index (κ1) is 15.9. The molecule has 1 N–H and O–H groups in total. The Bertz CT molecular complexity index is 898. The van der Waals surface area contributed by atoms with Crippen molar-refractivity contribution < 1.29 is 4.79 Å². The molecule has 1 aliphatic heterocycles. The van der Waals surface area contributed by atoms with Crippen LogP contribution in [0.1, 0.15) is 17.5 Å². The van der Waals surface area contributed by atoms with Crippen molar-refractivity contribution in [3.05, 3.63) is 77.9 Å². The van der Waals surface area contributed by atoms with Crippen LogP contribution in [0.3, 0.4) is 0 Å². The SMILES string of the molecule is O=C(CCN1CCc2ccccc2C1)Nc1cccc2ccccc12. The first-order valence-electron chi connectivity index (χ1n) is 8.86. The van der Waals surface area contributed by atoms with E-state index in [1.807, 2.05) is 30.3 Å². The van der Waals surface area contributed by atoms with Crippen molar-refractivity contribution in [2.45, 2.75) is 19.4 Å². The molecule has 4 rings (SSSR count). The molecule has 0 unspecified atom stereocenters. The zero-order valence-corrected chi connectivity index (χ0v) is 14.2. The molecule has 1 heterocycles. The summed E-state index contributed by atoms with van der Waals surface area (Å²) in [6.45, 7) is 2.77. The largest absolute Gasteiger partial charge is 0.325 e. The Morgan fingerprint density at radius 3 is 2.60 bits per heavy atom. The molecule has 25 heavy (non-hydrogen) atoms. The van der Waals surface area contributed by atoms with Gasteiger partial charge >= 0.3 is 0 Å². The highest BCUT2D eigenvalue weighted by atomic mass is 16.1. The molecule has 3 aromatic carbocycles. The molecule has 126 valence electrons. The Morgan fingerprint density at radius 2 is 1.68 bits per heavy atom. The monoisotopic (exact) mass is 330 g/mol. The van der Waals surface area contributed by atoms with Crippen molar-refractivity contribution in [3.63, 3.8) is 0 Å². The summed E-state index contributed by atoms with van der Waals surface area (Å²) >= 11 is 0. The molecule has 0 aliphatic carbocycles. The van der Waals surface area contributed by atoms with Crippen LogP contribution >= 0.6 is 0 Å². The Labute approximate surface area is 148 Å². The lowest BCUT2D eigenvalue weighted by Crippen LogP contribution is -2.33. The van der Waals surface area contributed by atoms with Crippen molar-refractivity contribution in [3.8, 4) is 0 Å². The highest BCUT2D eigenvalue weighted by Crippen LogP contribution is 2.23. The van der Waals surface area contributed by atoms with Crippen LogP contribution in [0, 0.1) is 0 Å². The van der Waals surface area contributed by atoms with Crippen LogP contribution in [0.2, 0.25) is 0 Å².